The molecule has 0 aliphatic carbocycles. The van der Waals surface area contributed by atoms with Crippen molar-refractivity contribution in [2.45, 2.75) is 13.3 Å². The predicted octanol–water partition coefficient (Wildman–Crippen LogP) is 3.55. The maximum absolute atomic E-state index is 13.2. The number of nitrogens with one attached hydrogen (secondary N) is 1. The summed E-state index contributed by atoms with van der Waals surface area (Å²) in [4.78, 5) is 11.9. The molecule has 2 aromatic carbocycles. The quantitative estimate of drug-likeness (QED) is 0.887. The zero-order valence-electron chi connectivity index (χ0n) is 12.6. The average molecular weight is 303 g/mol. The van der Waals surface area contributed by atoms with E-state index in [1.165, 1.54) is 12.1 Å². The molecule has 1 amide bonds. The molecular formula is C17H18FNO3. The lowest BCUT2D eigenvalue weighted by molar-refractivity contribution is -0.116. The van der Waals surface area contributed by atoms with Gasteiger partial charge in [0.15, 0.2) is 11.5 Å². The van der Waals surface area contributed by atoms with Crippen LogP contribution < -0.4 is 14.8 Å². The summed E-state index contributed by atoms with van der Waals surface area (Å²) in [5.74, 6) is 0.582. The van der Waals surface area contributed by atoms with E-state index in [4.69, 9.17) is 9.47 Å². The highest BCUT2D eigenvalue weighted by molar-refractivity contribution is 5.91. The van der Waals surface area contributed by atoms with Crippen LogP contribution in [0.5, 0.6) is 11.5 Å². The molecule has 0 spiro atoms. The van der Waals surface area contributed by atoms with Gasteiger partial charge in [-0.15, -0.1) is 0 Å². The van der Waals surface area contributed by atoms with Crippen LogP contribution in [0.25, 0.3) is 0 Å². The first-order valence-corrected chi connectivity index (χ1v) is 6.92. The summed E-state index contributed by atoms with van der Waals surface area (Å²) in [5.41, 5.74) is 1.28. The van der Waals surface area contributed by atoms with E-state index in [0.29, 0.717) is 17.2 Å². The molecule has 0 aliphatic heterocycles. The Morgan fingerprint density at radius 1 is 1.18 bits per heavy atom. The van der Waals surface area contributed by atoms with E-state index < -0.39 is 0 Å². The fourth-order valence-corrected chi connectivity index (χ4v) is 1.93. The molecule has 0 bridgehead atoms. The van der Waals surface area contributed by atoms with E-state index in [-0.39, 0.29) is 24.8 Å². The van der Waals surface area contributed by atoms with Crippen LogP contribution in [0.4, 0.5) is 10.1 Å². The topological polar surface area (TPSA) is 47.6 Å². The first kappa shape index (κ1) is 15.8. The average Bonchev–Trinajstić information content (AvgIpc) is 2.51. The Hall–Kier alpha value is -2.56. The monoisotopic (exact) mass is 303 g/mol. The molecule has 0 saturated carbocycles. The minimum Gasteiger partial charge on any atom is -0.493 e. The summed E-state index contributed by atoms with van der Waals surface area (Å²) in [6, 6.07) is 11.5. The molecule has 0 aliphatic rings. The lowest BCUT2D eigenvalue weighted by atomic mass is 10.2. The molecule has 0 aromatic heterocycles. The number of halogens is 1. The Morgan fingerprint density at radius 3 is 2.64 bits per heavy atom. The Morgan fingerprint density at radius 2 is 1.91 bits per heavy atom. The van der Waals surface area contributed by atoms with Crippen molar-refractivity contribution < 1.29 is 18.7 Å². The molecule has 116 valence electrons. The van der Waals surface area contributed by atoms with Crippen LogP contribution in [0.3, 0.4) is 0 Å². The van der Waals surface area contributed by atoms with Gasteiger partial charge in [0.1, 0.15) is 5.82 Å². The number of carbonyl (C=O) groups excluding carboxylic acids is 1. The van der Waals surface area contributed by atoms with Crippen molar-refractivity contribution in [1.82, 2.24) is 0 Å². The Balaban J connectivity index is 1.87. The molecule has 1 N–H and O–H groups in total. The molecule has 0 saturated heterocycles. The third-order valence-corrected chi connectivity index (χ3v) is 3.13. The van der Waals surface area contributed by atoms with Crippen molar-refractivity contribution in [3.05, 3.63) is 53.8 Å². The van der Waals surface area contributed by atoms with Crippen molar-refractivity contribution in [2.24, 2.45) is 0 Å². The van der Waals surface area contributed by atoms with Gasteiger partial charge < -0.3 is 14.8 Å². The SMILES string of the molecule is COc1ccccc1OCCC(=O)Nc1cc(F)ccc1C. The number of para-hydroxylation sites is 2. The molecular weight excluding hydrogens is 285 g/mol. The van der Waals surface area contributed by atoms with Crippen LogP contribution in [0.1, 0.15) is 12.0 Å². The predicted molar refractivity (Wildman–Crippen MR) is 82.9 cm³/mol. The number of hydrogen-bond donors (Lipinski definition) is 1. The van der Waals surface area contributed by atoms with E-state index in [1.54, 1.807) is 32.2 Å². The number of amides is 1. The molecule has 0 unspecified atom stereocenters. The Labute approximate surface area is 128 Å². The molecule has 2 aromatic rings. The highest BCUT2D eigenvalue weighted by Crippen LogP contribution is 2.25. The van der Waals surface area contributed by atoms with Gasteiger partial charge in [0, 0.05) is 5.69 Å². The third kappa shape index (κ3) is 4.22. The van der Waals surface area contributed by atoms with E-state index in [1.807, 2.05) is 12.1 Å². The van der Waals surface area contributed by atoms with E-state index in [0.717, 1.165) is 5.56 Å². The van der Waals surface area contributed by atoms with Gasteiger partial charge in [-0.3, -0.25) is 4.79 Å². The standard InChI is InChI=1S/C17H18FNO3/c1-12-7-8-13(18)11-14(12)19-17(20)9-10-22-16-6-4-3-5-15(16)21-2/h3-8,11H,9-10H2,1-2H3,(H,19,20). The molecule has 0 fully saturated rings. The van der Waals surface area contributed by atoms with Crippen LogP contribution in [-0.2, 0) is 4.79 Å². The van der Waals surface area contributed by atoms with Gasteiger partial charge >= 0.3 is 0 Å². The van der Waals surface area contributed by atoms with Crippen LogP contribution >= 0.6 is 0 Å². The van der Waals surface area contributed by atoms with Gasteiger partial charge in [-0.05, 0) is 36.8 Å². The number of benzene rings is 2. The number of ether oxygens (including phenoxy) is 2. The van der Waals surface area contributed by atoms with Gasteiger partial charge in [0.05, 0.1) is 20.1 Å². The smallest absolute Gasteiger partial charge is 0.227 e. The minimum absolute atomic E-state index is 0.161. The van der Waals surface area contributed by atoms with E-state index >= 15 is 0 Å². The molecule has 5 heteroatoms. The molecule has 22 heavy (non-hydrogen) atoms. The highest BCUT2D eigenvalue weighted by Gasteiger charge is 2.08. The molecule has 2 rings (SSSR count). The van der Waals surface area contributed by atoms with Gasteiger partial charge in [-0.2, -0.15) is 0 Å². The Kier molecular flexibility index (Phi) is 5.36. The Bertz CT molecular complexity index is 658. The number of anilines is 1. The maximum Gasteiger partial charge on any atom is 0.227 e. The lowest BCUT2D eigenvalue weighted by Gasteiger charge is -2.11. The van der Waals surface area contributed by atoms with Crippen LogP contribution in [-0.4, -0.2) is 19.6 Å². The number of aryl methyl sites for hydroxylation is 1. The van der Waals surface area contributed by atoms with Gasteiger partial charge in [0.25, 0.3) is 0 Å². The van der Waals surface area contributed by atoms with Crippen molar-refractivity contribution in [3.8, 4) is 11.5 Å². The van der Waals surface area contributed by atoms with E-state index in [2.05, 4.69) is 5.32 Å². The summed E-state index contributed by atoms with van der Waals surface area (Å²) in [5, 5.41) is 2.68. The molecule has 4 nitrogen and oxygen atoms in total. The van der Waals surface area contributed by atoms with Gasteiger partial charge in [0.2, 0.25) is 5.91 Å². The number of hydrogen-bond acceptors (Lipinski definition) is 3. The normalized spacial score (nSPS) is 10.1. The van der Waals surface area contributed by atoms with Gasteiger partial charge in [-0.25, -0.2) is 4.39 Å². The van der Waals surface area contributed by atoms with Crippen LogP contribution in [0.15, 0.2) is 42.5 Å². The number of rotatable bonds is 6. The minimum atomic E-state index is -0.383. The lowest BCUT2D eigenvalue weighted by Crippen LogP contribution is -2.16. The van der Waals surface area contributed by atoms with Crippen molar-refractivity contribution in [2.75, 3.05) is 19.0 Å². The van der Waals surface area contributed by atoms with Crippen LogP contribution in [0, 0.1) is 12.7 Å². The largest absolute Gasteiger partial charge is 0.493 e. The highest BCUT2D eigenvalue weighted by atomic mass is 19.1. The zero-order chi connectivity index (χ0) is 15.9. The second kappa shape index (κ2) is 7.45. The number of methoxy groups -OCH3 is 1. The van der Waals surface area contributed by atoms with Gasteiger partial charge in [-0.1, -0.05) is 18.2 Å². The van der Waals surface area contributed by atoms with Crippen molar-refractivity contribution in [3.63, 3.8) is 0 Å². The molecule has 0 atom stereocenters. The first-order valence-electron chi connectivity index (χ1n) is 6.92. The summed E-state index contributed by atoms with van der Waals surface area (Å²) in [6.07, 6.45) is 0.161. The first-order chi connectivity index (χ1) is 10.6. The van der Waals surface area contributed by atoms with Crippen molar-refractivity contribution >= 4 is 11.6 Å². The molecule has 0 heterocycles. The fourth-order valence-electron chi connectivity index (χ4n) is 1.93. The fraction of sp³-hybridized carbons (Fsp3) is 0.235. The summed E-state index contributed by atoms with van der Waals surface area (Å²) >= 11 is 0. The van der Waals surface area contributed by atoms with Crippen molar-refractivity contribution in [1.29, 1.82) is 0 Å². The summed E-state index contributed by atoms with van der Waals surface area (Å²) in [6.45, 7) is 2.01. The van der Waals surface area contributed by atoms with E-state index in [9.17, 15) is 9.18 Å². The number of carbonyl (C=O) groups is 1. The third-order valence-electron chi connectivity index (χ3n) is 3.13. The zero-order valence-corrected chi connectivity index (χ0v) is 12.6. The summed E-state index contributed by atoms with van der Waals surface area (Å²) in [7, 11) is 1.56. The van der Waals surface area contributed by atoms with Crippen LogP contribution in [0.2, 0.25) is 0 Å². The summed E-state index contributed by atoms with van der Waals surface area (Å²) < 4.78 is 23.9. The second-order valence-electron chi connectivity index (χ2n) is 4.76. The second-order valence-corrected chi connectivity index (χ2v) is 4.76. The maximum atomic E-state index is 13.2. The molecule has 0 radical (unpaired) electrons.